The number of hydrogen-bond acceptors (Lipinski definition) is 4. The van der Waals surface area contributed by atoms with Crippen LogP contribution in [-0.2, 0) is 14.8 Å². The third-order valence-corrected chi connectivity index (χ3v) is 6.58. The van der Waals surface area contributed by atoms with Crippen LogP contribution in [0.2, 0.25) is 0 Å². The number of nitrogens with zero attached hydrogens (tertiary/aromatic N) is 1. The number of carbonyl (C=O) groups is 1. The highest BCUT2D eigenvalue weighted by Gasteiger charge is 2.30. The first-order chi connectivity index (χ1) is 11.6. The van der Waals surface area contributed by atoms with Crippen LogP contribution in [0.15, 0.2) is 52.7 Å². The van der Waals surface area contributed by atoms with E-state index in [9.17, 15) is 13.2 Å². The molecular formula is C17H20N2O3S2. The zero-order valence-corrected chi connectivity index (χ0v) is 14.9. The maximum Gasteiger partial charge on any atom is 0.240 e. The minimum absolute atomic E-state index is 0.00154. The summed E-state index contributed by atoms with van der Waals surface area (Å²) < 4.78 is 26.8. The van der Waals surface area contributed by atoms with E-state index in [4.69, 9.17) is 0 Å². The van der Waals surface area contributed by atoms with Gasteiger partial charge < -0.3 is 4.90 Å². The fraction of sp³-hybridized carbons (Fsp3) is 0.353. The van der Waals surface area contributed by atoms with E-state index in [1.807, 2.05) is 16.3 Å². The van der Waals surface area contributed by atoms with E-state index in [0.29, 0.717) is 0 Å². The minimum Gasteiger partial charge on any atom is -0.335 e. The Bertz CT molecular complexity index is 773. The van der Waals surface area contributed by atoms with Gasteiger partial charge in [0.05, 0.1) is 10.9 Å². The quantitative estimate of drug-likeness (QED) is 0.857. The zero-order valence-electron chi connectivity index (χ0n) is 13.2. The second kappa shape index (κ2) is 7.46. The summed E-state index contributed by atoms with van der Waals surface area (Å²) in [5, 5.41) is 2.02. The van der Waals surface area contributed by atoms with Gasteiger partial charge in [-0.2, -0.15) is 0 Å². The maximum absolute atomic E-state index is 12.5. The molecule has 1 unspecified atom stereocenters. The number of benzene rings is 1. The summed E-state index contributed by atoms with van der Waals surface area (Å²) in [6.45, 7) is 0.858. The number of hydrogen-bond donors (Lipinski definition) is 1. The molecule has 0 aliphatic carbocycles. The van der Waals surface area contributed by atoms with Crippen LogP contribution in [0.4, 0.5) is 0 Å². The van der Waals surface area contributed by atoms with Crippen molar-refractivity contribution >= 4 is 27.3 Å². The van der Waals surface area contributed by atoms with Gasteiger partial charge >= 0.3 is 0 Å². The molecular weight excluding hydrogens is 344 g/mol. The van der Waals surface area contributed by atoms with Gasteiger partial charge in [-0.05, 0) is 36.4 Å². The highest BCUT2D eigenvalue weighted by atomic mass is 32.2. The molecule has 1 saturated heterocycles. The van der Waals surface area contributed by atoms with Crippen molar-refractivity contribution in [2.24, 2.45) is 0 Å². The lowest BCUT2D eigenvalue weighted by molar-refractivity contribution is -0.131. The molecule has 2 aromatic rings. The number of rotatable bonds is 6. The lowest BCUT2D eigenvalue weighted by Gasteiger charge is -2.24. The highest BCUT2D eigenvalue weighted by molar-refractivity contribution is 7.89. The third-order valence-electron chi connectivity index (χ3n) is 4.13. The van der Waals surface area contributed by atoms with Gasteiger partial charge in [-0.1, -0.05) is 24.3 Å². The van der Waals surface area contributed by atoms with Crippen molar-refractivity contribution in [2.75, 3.05) is 13.1 Å². The molecule has 5 nitrogen and oxygen atoms in total. The summed E-state index contributed by atoms with van der Waals surface area (Å²) in [6, 6.07) is 12.4. The fourth-order valence-electron chi connectivity index (χ4n) is 2.96. The Hall–Kier alpha value is -1.70. The van der Waals surface area contributed by atoms with Crippen LogP contribution in [0.5, 0.6) is 0 Å². The molecule has 0 saturated carbocycles. The number of amides is 1. The molecule has 2 heterocycles. The fourth-order valence-corrected chi connectivity index (χ4v) is 4.89. The Morgan fingerprint density at radius 3 is 2.71 bits per heavy atom. The van der Waals surface area contributed by atoms with Crippen LogP contribution in [0, 0.1) is 0 Å². The summed E-state index contributed by atoms with van der Waals surface area (Å²) in [7, 11) is -3.55. The Balaban J connectivity index is 1.56. The SMILES string of the molecule is O=C(CCNS(=O)(=O)c1ccccc1)N1CCCC1c1cccs1. The molecule has 1 aromatic heterocycles. The first-order valence-electron chi connectivity index (χ1n) is 7.95. The number of sulfonamides is 1. The monoisotopic (exact) mass is 364 g/mol. The van der Waals surface area contributed by atoms with Crippen LogP contribution >= 0.6 is 11.3 Å². The predicted molar refractivity (Wildman–Crippen MR) is 94.3 cm³/mol. The Morgan fingerprint density at radius 1 is 1.21 bits per heavy atom. The number of nitrogens with one attached hydrogen (secondary N) is 1. The predicted octanol–water partition coefficient (Wildman–Crippen LogP) is 2.78. The Kier molecular flexibility index (Phi) is 5.33. The number of likely N-dealkylation sites (tertiary alicyclic amines) is 1. The van der Waals surface area contributed by atoms with Gasteiger partial charge in [0.2, 0.25) is 15.9 Å². The van der Waals surface area contributed by atoms with E-state index < -0.39 is 10.0 Å². The van der Waals surface area contributed by atoms with Crippen molar-refractivity contribution in [1.29, 1.82) is 0 Å². The molecule has 1 atom stereocenters. The van der Waals surface area contributed by atoms with Gasteiger partial charge in [-0.15, -0.1) is 11.3 Å². The molecule has 0 spiro atoms. The van der Waals surface area contributed by atoms with Gasteiger partial charge in [-0.3, -0.25) is 4.79 Å². The van der Waals surface area contributed by atoms with E-state index in [-0.39, 0.29) is 29.8 Å². The lowest BCUT2D eigenvalue weighted by atomic mass is 10.2. The van der Waals surface area contributed by atoms with Crippen LogP contribution in [0.25, 0.3) is 0 Å². The smallest absolute Gasteiger partial charge is 0.240 e. The van der Waals surface area contributed by atoms with E-state index in [2.05, 4.69) is 10.8 Å². The molecule has 1 N–H and O–H groups in total. The Labute approximate surface area is 146 Å². The topological polar surface area (TPSA) is 66.5 Å². The second-order valence-electron chi connectivity index (χ2n) is 5.72. The van der Waals surface area contributed by atoms with Gasteiger partial charge in [0.15, 0.2) is 0 Å². The molecule has 1 amide bonds. The van der Waals surface area contributed by atoms with Gasteiger partial charge in [0.25, 0.3) is 0 Å². The summed E-state index contributed by atoms with van der Waals surface area (Å²) in [6.07, 6.45) is 2.14. The second-order valence-corrected chi connectivity index (χ2v) is 8.47. The largest absolute Gasteiger partial charge is 0.335 e. The third kappa shape index (κ3) is 3.85. The van der Waals surface area contributed by atoms with Crippen LogP contribution in [0.1, 0.15) is 30.2 Å². The number of thiophene rings is 1. The van der Waals surface area contributed by atoms with Crippen molar-refractivity contribution in [3.63, 3.8) is 0 Å². The number of carbonyl (C=O) groups excluding carboxylic acids is 1. The summed E-state index contributed by atoms with van der Waals surface area (Å²) in [5.74, 6) is 0.00154. The molecule has 128 valence electrons. The van der Waals surface area contributed by atoms with Crippen molar-refractivity contribution in [1.82, 2.24) is 9.62 Å². The molecule has 1 aliphatic rings. The van der Waals surface area contributed by atoms with Crippen molar-refractivity contribution in [3.05, 3.63) is 52.7 Å². The minimum atomic E-state index is -3.55. The summed E-state index contributed by atoms with van der Waals surface area (Å²) in [5.41, 5.74) is 0. The van der Waals surface area contributed by atoms with E-state index >= 15 is 0 Å². The zero-order chi connectivity index (χ0) is 17.0. The van der Waals surface area contributed by atoms with Crippen LogP contribution in [-0.4, -0.2) is 32.3 Å². The molecule has 1 fully saturated rings. The maximum atomic E-state index is 12.5. The van der Waals surface area contributed by atoms with Gasteiger partial charge in [-0.25, -0.2) is 13.1 Å². The normalized spacial score (nSPS) is 18.0. The standard InChI is InChI=1S/C17H20N2O3S2/c20-17(19-12-4-8-15(19)16-9-5-13-23-16)10-11-18-24(21,22)14-6-2-1-3-7-14/h1-3,5-7,9,13,15,18H,4,8,10-12H2. The highest BCUT2D eigenvalue weighted by Crippen LogP contribution is 2.34. The molecule has 1 aliphatic heterocycles. The first kappa shape index (κ1) is 17.1. The molecule has 0 bridgehead atoms. The van der Waals surface area contributed by atoms with E-state index in [0.717, 1.165) is 19.4 Å². The molecule has 7 heteroatoms. The van der Waals surface area contributed by atoms with Crippen molar-refractivity contribution in [3.8, 4) is 0 Å². The van der Waals surface area contributed by atoms with E-state index in [1.165, 1.54) is 17.0 Å². The van der Waals surface area contributed by atoms with Gasteiger partial charge in [0.1, 0.15) is 0 Å². The average Bonchev–Trinajstić information content (AvgIpc) is 3.26. The van der Waals surface area contributed by atoms with Crippen LogP contribution < -0.4 is 4.72 Å². The van der Waals surface area contributed by atoms with E-state index in [1.54, 1.807) is 29.5 Å². The average molecular weight is 364 g/mol. The molecule has 1 aromatic carbocycles. The van der Waals surface area contributed by atoms with Crippen molar-refractivity contribution < 1.29 is 13.2 Å². The summed E-state index contributed by atoms with van der Waals surface area (Å²) in [4.78, 5) is 15.8. The molecule has 24 heavy (non-hydrogen) atoms. The molecule has 0 radical (unpaired) electrons. The Morgan fingerprint density at radius 2 is 2.00 bits per heavy atom. The lowest BCUT2D eigenvalue weighted by Crippen LogP contribution is -2.34. The molecule has 3 rings (SSSR count). The first-order valence-corrected chi connectivity index (χ1v) is 10.3. The van der Waals surface area contributed by atoms with Crippen molar-refractivity contribution in [2.45, 2.75) is 30.2 Å². The van der Waals surface area contributed by atoms with Gasteiger partial charge in [0, 0.05) is 24.4 Å². The summed E-state index contributed by atoms with van der Waals surface area (Å²) >= 11 is 1.66. The van der Waals surface area contributed by atoms with Crippen LogP contribution in [0.3, 0.4) is 0 Å².